The van der Waals surface area contributed by atoms with Gasteiger partial charge in [-0.05, 0) is 30.7 Å². The fourth-order valence-electron chi connectivity index (χ4n) is 0.953. The molecular weight excluding hydrogens is 226 g/mol. The number of halogens is 3. The average molecular weight is 235 g/mol. The highest BCUT2D eigenvalue weighted by atomic mass is 35.5. The minimum absolute atomic E-state index is 0.192. The van der Waals surface area contributed by atoms with Gasteiger partial charge < -0.3 is 4.74 Å². The second-order valence-electron chi connectivity index (χ2n) is 2.75. The van der Waals surface area contributed by atoms with Gasteiger partial charge in [-0.3, -0.25) is 0 Å². The monoisotopic (exact) mass is 234 g/mol. The van der Waals surface area contributed by atoms with Crippen molar-refractivity contribution in [2.24, 2.45) is 0 Å². The van der Waals surface area contributed by atoms with E-state index >= 15 is 0 Å². The van der Waals surface area contributed by atoms with E-state index in [9.17, 15) is 4.39 Å². The minimum Gasteiger partial charge on any atom is -0.488 e. The fourth-order valence-corrected chi connectivity index (χ4v) is 1.07. The molecule has 0 unspecified atom stereocenters. The Morgan fingerprint density at radius 2 is 2.29 bits per heavy atom. The van der Waals surface area contributed by atoms with Crippen LogP contribution in [0.4, 0.5) is 4.39 Å². The third kappa shape index (κ3) is 3.20. The average Bonchev–Trinajstić information content (AvgIpc) is 2.16. The quantitative estimate of drug-likeness (QED) is 0.773. The lowest BCUT2D eigenvalue weighted by Crippen LogP contribution is -1.98. The molecule has 1 aromatic rings. The van der Waals surface area contributed by atoms with Crippen molar-refractivity contribution in [1.29, 1.82) is 0 Å². The Morgan fingerprint density at radius 3 is 2.86 bits per heavy atom. The molecule has 0 radical (unpaired) electrons. The van der Waals surface area contributed by atoms with E-state index in [-0.39, 0.29) is 12.4 Å². The van der Waals surface area contributed by atoms with E-state index < -0.39 is 0 Å². The Kier molecular flexibility index (Phi) is 4.23. The van der Waals surface area contributed by atoms with Crippen molar-refractivity contribution >= 4 is 23.2 Å². The first kappa shape index (κ1) is 11.3. The Morgan fingerprint density at radius 1 is 1.57 bits per heavy atom. The normalized spacial score (nSPS) is 11.6. The van der Waals surface area contributed by atoms with Gasteiger partial charge in [0.1, 0.15) is 18.2 Å². The van der Waals surface area contributed by atoms with Crippen LogP contribution in [0.15, 0.2) is 28.8 Å². The van der Waals surface area contributed by atoms with Crippen molar-refractivity contribution in [3.05, 3.63) is 40.1 Å². The summed E-state index contributed by atoms with van der Waals surface area (Å²) >= 11 is 11.0. The molecule has 1 nitrogen and oxygen atoms in total. The van der Waals surface area contributed by atoms with Crippen LogP contribution in [0, 0.1) is 12.7 Å². The molecule has 0 aromatic heterocycles. The van der Waals surface area contributed by atoms with Crippen LogP contribution in [-0.4, -0.2) is 6.61 Å². The standard InChI is InChI=1S/C10H9Cl2FO/c1-7-4-9(13)2-3-10(7)14-6-8(12)5-11/h2-5H,6H2,1H3/b8-5-. The second-order valence-corrected chi connectivity index (χ2v) is 3.46. The van der Waals surface area contributed by atoms with E-state index in [2.05, 4.69) is 0 Å². The molecule has 4 heteroatoms. The van der Waals surface area contributed by atoms with Gasteiger partial charge in [0, 0.05) is 5.54 Å². The molecule has 1 aromatic carbocycles. The Balaban J connectivity index is 2.68. The molecule has 0 heterocycles. The molecule has 0 saturated carbocycles. The highest BCUT2D eigenvalue weighted by Gasteiger charge is 2.01. The molecular formula is C10H9Cl2FO. The smallest absolute Gasteiger partial charge is 0.125 e. The van der Waals surface area contributed by atoms with Crippen molar-refractivity contribution in [2.45, 2.75) is 6.92 Å². The molecule has 0 spiro atoms. The molecule has 0 bridgehead atoms. The van der Waals surface area contributed by atoms with Crippen molar-refractivity contribution in [2.75, 3.05) is 6.61 Å². The van der Waals surface area contributed by atoms with Gasteiger partial charge in [-0.15, -0.1) is 0 Å². The van der Waals surface area contributed by atoms with E-state index in [0.717, 1.165) is 5.56 Å². The highest BCUT2D eigenvalue weighted by molar-refractivity contribution is 6.36. The van der Waals surface area contributed by atoms with Crippen LogP contribution < -0.4 is 4.74 Å². The molecule has 0 fully saturated rings. The first-order valence-corrected chi connectivity index (χ1v) is 4.78. The van der Waals surface area contributed by atoms with Gasteiger partial charge >= 0.3 is 0 Å². The van der Waals surface area contributed by atoms with E-state index in [1.54, 1.807) is 13.0 Å². The van der Waals surface area contributed by atoms with Crippen LogP contribution in [0.25, 0.3) is 0 Å². The Labute approximate surface area is 92.1 Å². The van der Waals surface area contributed by atoms with Gasteiger partial charge in [0.15, 0.2) is 0 Å². The van der Waals surface area contributed by atoms with Gasteiger partial charge in [-0.25, -0.2) is 4.39 Å². The zero-order valence-electron chi connectivity index (χ0n) is 7.56. The van der Waals surface area contributed by atoms with E-state index in [1.807, 2.05) is 0 Å². The third-order valence-electron chi connectivity index (χ3n) is 1.62. The van der Waals surface area contributed by atoms with E-state index in [0.29, 0.717) is 10.8 Å². The molecule has 0 atom stereocenters. The summed E-state index contributed by atoms with van der Waals surface area (Å²) in [4.78, 5) is 0. The molecule has 1 rings (SSSR count). The van der Waals surface area contributed by atoms with Crippen LogP contribution in [-0.2, 0) is 0 Å². The molecule has 0 aliphatic carbocycles. The number of aryl methyl sites for hydroxylation is 1. The highest BCUT2D eigenvalue weighted by Crippen LogP contribution is 2.19. The maximum Gasteiger partial charge on any atom is 0.125 e. The minimum atomic E-state index is -0.283. The number of benzene rings is 1. The summed E-state index contributed by atoms with van der Waals surface area (Å²) in [6.45, 7) is 1.95. The molecule has 0 amide bonds. The van der Waals surface area contributed by atoms with Gasteiger partial charge in [-0.2, -0.15) is 0 Å². The number of rotatable bonds is 3. The van der Waals surface area contributed by atoms with Crippen LogP contribution in [0.2, 0.25) is 0 Å². The molecule has 0 aliphatic rings. The SMILES string of the molecule is Cc1cc(F)ccc1OC/C(Cl)=C/Cl. The maximum atomic E-state index is 12.7. The summed E-state index contributed by atoms with van der Waals surface area (Å²) in [5.41, 5.74) is 1.96. The van der Waals surface area contributed by atoms with Crippen LogP contribution in [0.1, 0.15) is 5.56 Å². The summed E-state index contributed by atoms with van der Waals surface area (Å²) in [5.74, 6) is 0.317. The molecule has 0 saturated heterocycles. The predicted molar refractivity (Wildman–Crippen MR) is 56.4 cm³/mol. The molecule has 0 N–H and O–H groups in total. The lowest BCUT2D eigenvalue weighted by molar-refractivity contribution is 0.356. The number of ether oxygens (including phenoxy) is 1. The van der Waals surface area contributed by atoms with Crippen LogP contribution in [0.3, 0.4) is 0 Å². The summed E-state index contributed by atoms with van der Waals surface area (Å²) in [6, 6.07) is 4.29. The zero-order chi connectivity index (χ0) is 10.6. The van der Waals surface area contributed by atoms with Crippen molar-refractivity contribution < 1.29 is 9.13 Å². The fraction of sp³-hybridized carbons (Fsp3) is 0.200. The van der Waals surface area contributed by atoms with E-state index in [4.69, 9.17) is 27.9 Å². The number of hydrogen-bond acceptors (Lipinski definition) is 1. The zero-order valence-corrected chi connectivity index (χ0v) is 9.07. The number of hydrogen-bond donors (Lipinski definition) is 0. The summed E-state index contributed by atoms with van der Waals surface area (Å²) < 4.78 is 18.0. The third-order valence-corrected chi connectivity index (χ3v) is 2.21. The van der Waals surface area contributed by atoms with Gasteiger partial charge in [0.25, 0.3) is 0 Å². The molecule has 0 aliphatic heterocycles. The van der Waals surface area contributed by atoms with Crippen LogP contribution >= 0.6 is 23.2 Å². The van der Waals surface area contributed by atoms with Crippen molar-refractivity contribution in [1.82, 2.24) is 0 Å². The van der Waals surface area contributed by atoms with E-state index in [1.165, 1.54) is 17.7 Å². The topological polar surface area (TPSA) is 9.23 Å². The Hall–Kier alpha value is -0.730. The predicted octanol–water partition coefficient (Wildman–Crippen LogP) is 3.83. The van der Waals surface area contributed by atoms with Gasteiger partial charge in [0.2, 0.25) is 0 Å². The maximum absolute atomic E-state index is 12.7. The summed E-state index contributed by atoms with van der Waals surface area (Å²) in [6.07, 6.45) is 0. The lowest BCUT2D eigenvalue weighted by Gasteiger charge is -2.07. The largest absolute Gasteiger partial charge is 0.488 e. The van der Waals surface area contributed by atoms with Crippen LogP contribution in [0.5, 0.6) is 5.75 Å². The second kappa shape index (κ2) is 5.23. The summed E-state index contributed by atoms with van der Waals surface area (Å²) in [7, 11) is 0. The van der Waals surface area contributed by atoms with Crippen molar-refractivity contribution in [3.63, 3.8) is 0 Å². The van der Waals surface area contributed by atoms with Gasteiger partial charge in [-0.1, -0.05) is 23.2 Å². The first-order chi connectivity index (χ1) is 6.63. The van der Waals surface area contributed by atoms with Gasteiger partial charge in [0.05, 0.1) is 5.03 Å². The summed E-state index contributed by atoms with van der Waals surface area (Å²) in [5, 5.41) is 0.399. The van der Waals surface area contributed by atoms with Crippen molar-refractivity contribution in [3.8, 4) is 5.75 Å². The molecule has 14 heavy (non-hydrogen) atoms. The lowest BCUT2D eigenvalue weighted by atomic mass is 10.2. The molecule has 76 valence electrons. The Bertz CT molecular complexity index is 350. The first-order valence-electron chi connectivity index (χ1n) is 3.97.